The van der Waals surface area contributed by atoms with Gasteiger partial charge in [-0.3, -0.25) is 0 Å². The molecule has 0 unspecified atom stereocenters. The van der Waals surface area contributed by atoms with E-state index in [1.807, 2.05) is 24.3 Å². The molecule has 0 saturated carbocycles. The molecule has 130 valence electrons. The molecule has 0 aromatic heterocycles. The number of allylic oxidation sites excluding steroid dienone is 3. The molecule has 2 N–H and O–H groups in total. The van der Waals surface area contributed by atoms with E-state index in [1.165, 1.54) is 19.4 Å². The maximum atomic E-state index is 11.5. The Morgan fingerprint density at radius 2 is 1.88 bits per heavy atom. The topological polar surface area (TPSA) is 52.6 Å². The zero-order chi connectivity index (χ0) is 18.5. The number of anilines is 1. The first-order valence-electron chi connectivity index (χ1n) is 8.00. The van der Waals surface area contributed by atoms with Gasteiger partial charge in [0.2, 0.25) is 0 Å². The number of para-hydroxylation sites is 1. The quantitative estimate of drug-likeness (QED) is 0.366. The number of carbonyl (C=O) groups excluding carboxylic acids is 1. The van der Waals surface area contributed by atoms with Gasteiger partial charge in [-0.15, -0.1) is 0 Å². The molecule has 1 aliphatic heterocycles. The van der Waals surface area contributed by atoms with Crippen LogP contribution in [0.5, 0.6) is 0 Å². The van der Waals surface area contributed by atoms with E-state index in [-0.39, 0.29) is 0 Å². The molecule has 0 radical (unpaired) electrons. The second-order valence-electron chi connectivity index (χ2n) is 5.74. The molecule has 3 rings (SSSR count). The summed E-state index contributed by atoms with van der Waals surface area (Å²) in [6.45, 7) is 6.58. The second-order valence-corrected chi connectivity index (χ2v) is 6.59. The van der Waals surface area contributed by atoms with Gasteiger partial charge in [-0.2, -0.15) is 0 Å². The Bertz CT molecular complexity index is 914. The molecule has 1 aliphatic rings. The number of rotatable bonds is 5. The van der Waals surface area contributed by atoms with E-state index >= 15 is 0 Å². The molecule has 0 spiro atoms. The number of hydrogen-bond donors (Lipinski definition) is 2. The maximum absolute atomic E-state index is 11.5. The molecule has 2 aromatic carbocycles. The Morgan fingerprint density at radius 1 is 1.15 bits per heavy atom. The molecular formula is C21H17N2O2W-. The van der Waals surface area contributed by atoms with Gasteiger partial charge in [0.15, 0.2) is 0 Å². The van der Waals surface area contributed by atoms with Gasteiger partial charge >= 0.3 is 164 Å². The zero-order valence-corrected chi connectivity index (χ0v) is 16.9. The van der Waals surface area contributed by atoms with E-state index in [2.05, 4.69) is 33.6 Å². The van der Waals surface area contributed by atoms with Crippen molar-refractivity contribution in [2.75, 3.05) is 4.90 Å². The van der Waals surface area contributed by atoms with Crippen LogP contribution in [-0.2, 0) is 25.9 Å². The number of fused-ring (bicyclic) bond motifs is 1. The van der Waals surface area contributed by atoms with Crippen molar-refractivity contribution in [1.29, 1.82) is 0 Å². The molecule has 2 aromatic rings. The number of carbonyl (C=O) groups is 1. The summed E-state index contributed by atoms with van der Waals surface area (Å²) in [5, 5.41) is 8.74. The number of amides is 1. The van der Waals surface area contributed by atoms with E-state index in [4.69, 9.17) is 11.8 Å². The van der Waals surface area contributed by atoms with Crippen LogP contribution in [0.25, 0.3) is 6.08 Å². The second kappa shape index (κ2) is 8.22. The van der Waals surface area contributed by atoms with E-state index in [9.17, 15) is 4.79 Å². The third-order valence-electron chi connectivity index (χ3n) is 4.20. The van der Waals surface area contributed by atoms with Gasteiger partial charge in [-0.05, 0) is 0 Å². The Hall–Kier alpha value is -2.55. The number of benzene rings is 2. The van der Waals surface area contributed by atoms with Gasteiger partial charge in [0.05, 0.1) is 0 Å². The minimum absolute atomic E-state index is 0.404. The summed E-state index contributed by atoms with van der Waals surface area (Å²) in [4.78, 5) is 13.7. The first-order chi connectivity index (χ1) is 12.7. The third-order valence-corrected chi connectivity index (χ3v) is 5.11. The Kier molecular flexibility index (Phi) is 5.77. The summed E-state index contributed by atoms with van der Waals surface area (Å²) in [6.07, 6.45) is 5.82. The van der Waals surface area contributed by atoms with Gasteiger partial charge in [0.1, 0.15) is 0 Å². The van der Waals surface area contributed by atoms with Gasteiger partial charge in [0.25, 0.3) is 0 Å². The van der Waals surface area contributed by atoms with Crippen LogP contribution in [-0.4, -0.2) is 15.5 Å². The summed E-state index contributed by atoms with van der Waals surface area (Å²) >= 11 is 1.35. The monoisotopic (exact) mass is 513 g/mol. The van der Waals surface area contributed by atoms with Crippen LogP contribution in [0.2, 0.25) is 0 Å². The first-order valence-corrected chi connectivity index (χ1v) is 9.69. The van der Waals surface area contributed by atoms with Crippen molar-refractivity contribution < 1.29 is 29.4 Å². The van der Waals surface area contributed by atoms with Crippen molar-refractivity contribution in [2.24, 2.45) is 0 Å². The number of nitrogens with zero attached hydrogens (tertiary/aromatic N) is 1. The van der Waals surface area contributed by atoms with Crippen LogP contribution in [0.3, 0.4) is 0 Å². The van der Waals surface area contributed by atoms with Crippen LogP contribution in [0.15, 0.2) is 72.0 Å². The van der Waals surface area contributed by atoms with Crippen LogP contribution < -0.4 is 10.4 Å². The molecule has 1 heterocycles. The fourth-order valence-corrected chi connectivity index (χ4v) is 3.61. The van der Waals surface area contributed by atoms with Crippen molar-refractivity contribution in [3.8, 4) is 0 Å². The third kappa shape index (κ3) is 3.67. The summed E-state index contributed by atoms with van der Waals surface area (Å²) in [5.41, 5.74) is 7.29. The molecule has 5 heteroatoms. The molecule has 0 atom stereocenters. The van der Waals surface area contributed by atoms with Crippen molar-refractivity contribution in [1.82, 2.24) is 5.48 Å². The van der Waals surface area contributed by atoms with Crippen LogP contribution >= 0.6 is 0 Å². The number of hydrogen-bond acceptors (Lipinski definition) is 3. The fourth-order valence-electron chi connectivity index (χ4n) is 2.89. The van der Waals surface area contributed by atoms with Gasteiger partial charge in [-0.25, -0.2) is 0 Å². The van der Waals surface area contributed by atoms with Gasteiger partial charge in [-0.1, -0.05) is 0 Å². The van der Waals surface area contributed by atoms with Crippen molar-refractivity contribution in [3.63, 3.8) is 0 Å². The van der Waals surface area contributed by atoms with Crippen LogP contribution in [0.4, 0.5) is 5.69 Å². The van der Waals surface area contributed by atoms with Crippen LogP contribution in [0.1, 0.15) is 21.5 Å². The predicted octanol–water partition coefficient (Wildman–Crippen LogP) is 3.43. The summed E-state index contributed by atoms with van der Waals surface area (Å²) in [5.74, 6) is -0.525. The van der Waals surface area contributed by atoms with Crippen molar-refractivity contribution >= 4 is 22.1 Å². The molecule has 4 nitrogen and oxygen atoms in total. The summed E-state index contributed by atoms with van der Waals surface area (Å²) < 4.78 is 2.11. The average molecular weight is 513 g/mol. The zero-order valence-electron chi connectivity index (χ0n) is 13.9. The molecule has 26 heavy (non-hydrogen) atoms. The van der Waals surface area contributed by atoms with E-state index in [0.29, 0.717) is 12.1 Å². The Morgan fingerprint density at radius 3 is 2.54 bits per heavy atom. The van der Waals surface area contributed by atoms with Crippen LogP contribution in [0, 0.1) is 6.58 Å². The predicted molar refractivity (Wildman–Crippen MR) is 99.3 cm³/mol. The molecular weight excluding hydrogens is 496 g/mol. The number of hydroxylamine groups is 1. The standard InChI is InChI=1S/C21H17N2O2.W/c1-3-19-15(2)8-11-17-6-4-5-7-20(17)23(19)14-16-9-12-18(13-10-16)21(24)22-25;/h1-13,25H,14H2,(H,22,24);/q-1;. The minimum atomic E-state index is -0.525. The van der Waals surface area contributed by atoms with E-state index < -0.39 is 5.91 Å². The SMILES string of the molecule is [CH-]=CC1=C([CH]=[W])C=Cc2ccccc2N1Cc1ccc(C(=O)NO)cc1. The molecule has 0 saturated heterocycles. The Balaban J connectivity index is 2.01. The van der Waals surface area contributed by atoms with E-state index in [1.54, 1.807) is 23.7 Å². The summed E-state index contributed by atoms with van der Waals surface area (Å²) in [6, 6.07) is 15.3. The molecule has 0 fully saturated rings. The molecule has 1 amide bonds. The van der Waals surface area contributed by atoms with Crippen molar-refractivity contribution in [2.45, 2.75) is 6.54 Å². The summed E-state index contributed by atoms with van der Waals surface area (Å²) in [7, 11) is 0. The number of nitrogens with one attached hydrogen (secondary N) is 1. The first kappa shape index (κ1) is 18.2. The Labute approximate surface area is 163 Å². The average Bonchev–Trinajstić information content (AvgIpc) is 2.84. The van der Waals surface area contributed by atoms with Crippen molar-refractivity contribution in [3.05, 3.63) is 95.2 Å². The van der Waals surface area contributed by atoms with Gasteiger partial charge < -0.3 is 0 Å². The van der Waals surface area contributed by atoms with E-state index in [0.717, 1.165) is 28.1 Å². The molecule has 0 aliphatic carbocycles. The fraction of sp³-hybridized carbons (Fsp3) is 0.0476. The normalized spacial score (nSPS) is 13.0. The molecule has 0 bridgehead atoms. The van der Waals surface area contributed by atoms with Gasteiger partial charge in [0, 0.05) is 0 Å².